The van der Waals surface area contributed by atoms with Crippen LogP contribution in [-0.4, -0.2) is 29.5 Å². The van der Waals surface area contributed by atoms with Crippen LogP contribution in [0.25, 0.3) is 22.0 Å². The molecule has 7 nitrogen and oxygen atoms in total. The van der Waals surface area contributed by atoms with Crippen LogP contribution in [0.5, 0.6) is 5.75 Å². The van der Waals surface area contributed by atoms with Gasteiger partial charge in [-0.2, -0.15) is 0 Å². The first kappa shape index (κ1) is 17.5. The Kier molecular flexibility index (Phi) is 4.88. The zero-order chi connectivity index (χ0) is 18.7. The van der Waals surface area contributed by atoms with Gasteiger partial charge >= 0.3 is 0 Å². The molecule has 7 heteroatoms. The summed E-state index contributed by atoms with van der Waals surface area (Å²) in [5, 5.41) is 3.29. The van der Waals surface area contributed by atoms with Crippen LogP contribution in [0.1, 0.15) is 23.7 Å². The van der Waals surface area contributed by atoms with Crippen LogP contribution >= 0.6 is 0 Å². The minimum absolute atomic E-state index is 0.0631. The molecule has 0 fully saturated rings. The van der Waals surface area contributed by atoms with Crippen molar-refractivity contribution in [1.82, 2.24) is 15.3 Å². The Morgan fingerprint density at radius 3 is 2.88 bits per heavy atom. The van der Waals surface area contributed by atoms with Crippen LogP contribution in [0.4, 0.5) is 5.69 Å². The Morgan fingerprint density at radius 1 is 1.35 bits per heavy atom. The van der Waals surface area contributed by atoms with E-state index in [4.69, 9.17) is 10.5 Å². The van der Waals surface area contributed by atoms with E-state index in [0.29, 0.717) is 23.2 Å². The molecular weight excluding hydrogens is 332 g/mol. The molecule has 0 aliphatic heterocycles. The summed E-state index contributed by atoms with van der Waals surface area (Å²) in [4.78, 5) is 31.8. The van der Waals surface area contributed by atoms with Crippen LogP contribution in [-0.2, 0) is 0 Å². The predicted octanol–water partition coefficient (Wildman–Crippen LogP) is 2.32. The van der Waals surface area contributed by atoms with E-state index in [-0.39, 0.29) is 11.3 Å². The van der Waals surface area contributed by atoms with Crippen molar-refractivity contribution in [2.24, 2.45) is 0 Å². The molecule has 4 N–H and O–H groups in total. The second kappa shape index (κ2) is 7.26. The van der Waals surface area contributed by atoms with Crippen molar-refractivity contribution in [2.45, 2.75) is 13.3 Å². The molecule has 0 bridgehead atoms. The van der Waals surface area contributed by atoms with Gasteiger partial charge in [-0.15, -0.1) is 0 Å². The van der Waals surface area contributed by atoms with Gasteiger partial charge in [-0.05, 0) is 12.5 Å². The topological polar surface area (TPSA) is 110 Å². The molecule has 134 valence electrons. The number of nitrogens with one attached hydrogen (secondary N) is 2. The number of ether oxygens (including phenoxy) is 1. The van der Waals surface area contributed by atoms with E-state index < -0.39 is 11.5 Å². The Labute approximate surface area is 150 Å². The first-order valence-electron chi connectivity index (χ1n) is 8.29. The van der Waals surface area contributed by atoms with Crippen LogP contribution in [0.3, 0.4) is 0 Å². The third-order valence-electron chi connectivity index (χ3n) is 4.11. The summed E-state index contributed by atoms with van der Waals surface area (Å²) in [5.74, 6) is 0.131. The number of nitrogens with two attached hydrogens (primary N) is 1. The fourth-order valence-corrected chi connectivity index (χ4v) is 2.82. The van der Waals surface area contributed by atoms with Gasteiger partial charge in [0.1, 0.15) is 11.3 Å². The maximum absolute atomic E-state index is 12.5. The van der Waals surface area contributed by atoms with Crippen molar-refractivity contribution in [3.8, 4) is 16.9 Å². The molecule has 3 aromatic rings. The van der Waals surface area contributed by atoms with Crippen molar-refractivity contribution in [3.05, 3.63) is 52.6 Å². The number of H-pyrrole nitrogens is 1. The molecule has 3 rings (SSSR count). The molecule has 1 amide bonds. The fraction of sp³-hybridized carbons (Fsp3) is 0.211. The lowest BCUT2D eigenvalue weighted by molar-refractivity contribution is 0.0953. The summed E-state index contributed by atoms with van der Waals surface area (Å²) in [6.45, 7) is 2.41. The largest absolute Gasteiger partial charge is 0.495 e. The monoisotopic (exact) mass is 352 g/mol. The molecule has 0 saturated carbocycles. The third kappa shape index (κ3) is 3.11. The minimum Gasteiger partial charge on any atom is -0.495 e. The van der Waals surface area contributed by atoms with Gasteiger partial charge in [-0.3, -0.25) is 14.6 Å². The van der Waals surface area contributed by atoms with E-state index in [2.05, 4.69) is 15.3 Å². The molecule has 0 aliphatic carbocycles. The summed E-state index contributed by atoms with van der Waals surface area (Å²) in [6, 6.07) is 7.26. The number of nitrogens with zero attached hydrogens (tertiary/aromatic N) is 1. The maximum Gasteiger partial charge on any atom is 0.263 e. The highest BCUT2D eigenvalue weighted by Crippen LogP contribution is 2.31. The lowest BCUT2D eigenvalue weighted by Gasteiger charge is -2.12. The van der Waals surface area contributed by atoms with Crippen LogP contribution in [0.2, 0.25) is 0 Å². The summed E-state index contributed by atoms with van der Waals surface area (Å²) in [7, 11) is 1.56. The fourth-order valence-electron chi connectivity index (χ4n) is 2.82. The second-order valence-electron chi connectivity index (χ2n) is 5.84. The number of benzene rings is 1. The summed E-state index contributed by atoms with van der Waals surface area (Å²) in [6.07, 6.45) is 4.04. The van der Waals surface area contributed by atoms with E-state index in [1.54, 1.807) is 25.6 Å². The number of methoxy groups -OCH3 is 1. The Hall–Kier alpha value is -3.35. The van der Waals surface area contributed by atoms with Gasteiger partial charge in [-0.25, -0.2) is 0 Å². The number of pyridine rings is 2. The first-order chi connectivity index (χ1) is 12.6. The van der Waals surface area contributed by atoms with Gasteiger partial charge in [-0.1, -0.05) is 25.1 Å². The summed E-state index contributed by atoms with van der Waals surface area (Å²) in [5.41, 5.74) is 7.82. The molecule has 2 heterocycles. The van der Waals surface area contributed by atoms with E-state index in [1.165, 1.54) is 0 Å². The molecule has 0 aliphatic rings. The molecule has 0 atom stereocenters. The van der Waals surface area contributed by atoms with Crippen molar-refractivity contribution in [1.29, 1.82) is 0 Å². The zero-order valence-corrected chi connectivity index (χ0v) is 14.6. The minimum atomic E-state index is -0.521. The second-order valence-corrected chi connectivity index (χ2v) is 5.84. The number of para-hydroxylation sites is 1. The number of amides is 1. The SMILES string of the molecule is CCCNC(=O)c1c(N)c2cccc(-c3cncc(OC)c3)c2[nH]c1=O. The number of aromatic nitrogens is 2. The molecule has 0 saturated heterocycles. The molecular formula is C19H20N4O3. The highest BCUT2D eigenvalue weighted by Gasteiger charge is 2.18. The van der Waals surface area contributed by atoms with E-state index in [0.717, 1.165) is 17.5 Å². The molecule has 0 unspecified atom stereocenters. The summed E-state index contributed by atoms with van der Waals surface area (Å²) >= 11 is 0. The number of hydrogen-bond donors (Lipinski definition) is 3. The zero-order valence-electron chi connectivity index (χ0n) is 14.6. The molecule has 0 radical (unpaired) electrons. The van der Waals surface area contributed by atoms with Gasteiger partial charge in [0, 0.05) is 29.3 Å². The number of nitrogen functional groups attached to an aromatic ring is 1. The van der Waals surface area contributed by atoms with Gasteiger partial charge in [0.15, 0.2) is 0 Å². The smallest absolute Gasteiger partial charge is 0.263 e. The number of aromatic amines is 1. The highest BCUT2D eigenvalue weighted by molar-refractivity contribution is 6.08. The van der Waals surface area contributed by atoms with Crippen LogP contribution in [0, 0.1) is 0 Å². The Balaban J connectivity index is 2.20. The average molecular weight is 352 g/mol. The Morgan fingerprint density at radius 2 is 2.15 bits per heavy atom. The number of fused-ring (bicyclic) bond motifs is 1. The van der Waals surface area contributed by atoms with Gasteiger partial charge in [0.25, 0.3) is 11.5 Å². The van der Waals surface area contributed by atoms with E-state index >= 15 is 0 Å². The molecule has 1 aromatic carbocycles. The van der Waals surface area contributed by atoms with Crippen molar-refractivity contribution in [2.75, 3.05) is 19.4 Å². The molecule has 2 aromatic heterocycles. The number of rotatable bonds is 5. The highest BCUT2D eigenvalue weighted by atomic mass is 16.5. The average Bonchev–Trinajstić information content (AvgIpc) is 2.66. The van der Waals surface area contributed by atoms with Gasteiger partial charge in [0.2, 0.25) is 0 Å². The van der Waals surface area contributed by atoms with Crippen LogP contribution < -0.4 is 21.3 Å². The van der Waals surface area contributed by atoms with Gasteiger partial charge < -0.3 is 20.8 Å². The lowest BCUT2D eigenvalue weighted by atomic mass is 10.0. The first-order valence-corrected chi connectivity index (χ1v) is 8.29. The Bertz CT molecular complexity index is 1030. The predicted molar refractivity (Wildman–Crippen MR) is 101 cm³/mol. The van der Waals surface area contributed by atoms with Crippen molar-refractivity contribution in [3.63, 3.8) is 0 Å². The molecule has 26 heavy (non-hydrogen) atoms. The van der Waals surface area contributed by atoms with Gasteiger partial charge in [0.05, 0.1) is 24.5 Å². The number of anilines is 1. The number of hydrogen-bond acceptors (Lipinski definition) is 5. The molecule has 0 spiro atoms. The van der Waals surface area contributed by atoms with Crippen molar-refractivity contribution < 1.29 is 9.53 Å². The standard InChI is InChI=1S/C19H20N4O3/c1-3-7-22-18(24)15-16(20)14-6-4-5-13(17(14)23-19(15)25)11-8-12(26-2)10-21-9-11/h4-6,8-10H,3,7H2,1-2H3,(H,22,24)(H3,20,23,25). The van der Waals surface area contributed by atoms with E-state index in [9.17, 15) is 9.59 Å². The quantitative estimate of drug-likeness (QED) is 0.653. The normalized spacial score (nSPS) is 10.7. The van der Waals surface area contributed by atoms with Crippen LogP contribution in [0.15, 0.2) is 41.5 Å². The number of carbonyl (C=O) groups excluding carboxylic acids is 1. The van der Waals surface area contributed by atoms with Crippen molar-refractivity contribution >= 4 is 22.5 Å². The summed E-state index contributed by atoms with van der Waals surface area (Å²) < 4.78 is 5.21. The third-order valence-corrected chi connectivity index (χ3v) is 4.11. The lowest BCUT2D eigenvalue weighted by Crippen LogP contribution is -2.31. The maximum atomic E-state index is 12.5. The van der Waals surface area contributed by atoms with E-state index in [1.807, 2.05) is 25.1 Å². The number of carbonyl (C=O) groups is 1.